The lowest BCUT2D eigenvalue weighted by molar-refractivity contribution is -0.119. The van der Waals surface area contributed by atoms with Crippen LogP contribution in [-0.2, 0) is 21.3 Å². The highest BCUT2D eigenvalue weighted by molar-refractivity contribution is 6.12. The molecule has 1 atom stereocenters. The number of methoxy groups -OCH3 is 2. The fraction of sp³-hybridized carbons (Fsp3) is 0.152. The Morgan fingerprint density at radius 1 is 0.860 bits per heavy atom. The van der Waals surface area contributed by atoms with Gasteiger partial charge in [-0.3, -0.25) is 19.5 Å². The van der Waals surface area contributed by atoms with Crippen LogP contribution in [-0.4, -0.2) is 57.8 Å². The summed E-state index contributed by atoms with van der Waals surface area (Å²) in [5.41, 5.74) is 3.78. The van der Waals surface area contributed by atoms with E-state index < -0.39 is 23.8 Å². The van der Waals surface area contributed by atoms with Gasteiger partial charge in [0.2, 0.25) is 0 Å². The van der Waals surface area contributed by atoms with E-state index in [0.717, 1.165) is 21.8 Å². The Hall–Kier alpha value is -5.48. The molecule has 10 nitrogen and oxygen atoms in total. The summed E-state index contributed by atoms with van der Waals surface area (Å²) in [6.07, 6.45) is 11.3. The third-order valence-corrected chi connectivity index (χ3v) is 7.08. The number of carbonyl (C=O) groups excluding carboxylic acids is 2. The first kappa shape index (κ1) is 29.0. The minimum absolute atomic E-state index is 0.317. The molecule has 2 aliphatic rings. The molecule has 2 amide bonds. The second-order valence-corrected chi connectivity index (χ2v) is 9.74. The van der Waals surface area contributed by atoms with Crippen LogP contribution < -0.4 is 5.32 Å². The van der Waals surface area contributed by atoms with Gasteiger partial charge in [0.25, 0.3) is 11.8 Å². The molecule has 0 radical (unpaired) electrons. The molecule has 0 bridgehead atoms. The van der Waals surface area contributed by atoms with Crippen LogP contribution in [0, 0.1) is 0 Å². The van der Waals surface area contributed by atoms with E-state index in [2.05, 4.69) is 15.4 Å². The molecule has 2 heterocycles. The number of amides is 2. The standard InChI is InChI=1S/C33H31N5O5/c1-37-26(18-19-34-37)32(39)36-31(29(22-10-6-4-7-11-22)23-12-8-5-9-13-23)33(40)35-25-16-14-24(15-17-25)30-27(42-2)20-38(41)21-28(30)43-3/h4-21,29,31,41H,1-3H3,(H,36,39). The van der Waals surface area contributed by atoms with Crippen LogP contribution in [0.25, 0.3) is 0 Å². The van der Waals surface area contributed by atoms with Crippen molar-refractivity contribution in [3.8, 4) is 0 Å². The van der Waals surface area contributed by atoms with E-state index in [1.807, 2.05) is 60.7 Å². The monoisotopic (exact) mass is 577 g/mol. The maximum Gasteiger partial charge on any atom is 0.270 e. The second-order valence-electron chi connectivity index (χ2n) is 9.74. The highest BCUT2D eigenvalue weighted by atomic mass is 16.5. The van der Waals surface area contributed by atoms with Crippen LogP contribution in [0.5, 0.6) is 0 Å². The first-order valence-corrected chi connectivity index (χ1v) is 13.5. The third kappa shape index (κ3) is 6.39. The maximum atomic E-state index is 14.0. The van der Waals surface area contributed by atoms with E-state index in [-0.39, 0.29) is 0 Å². The molecule has 0 spiro atoms. The van der Waals surface area contributed by atoms with Gasteiger partial charge in [0, 0.05) is 19.2 Å². The summed E-state index contributed by atoms with van der Waals surface area (Å²) in [5.74, 6) is -0.677. The first-order valence-electron chi connectivity index (χ1n) is 13.5. The Kier molecular flexibility index (Phi) is 8.78. The number of aromatic nitrogens is 2. The molecule has 1 unspecified atom stereocenters. The molecular weight excluding hydrogens is 546 g/mol. The Morgan fingerprint density at radius 2 is 1.42 bits per heavy atom. The van der Waals surface area contributed by atoms with Crippen LogP contribution >= 0.6 is 0 Å². The lowest BCUT2D eigenvalue weighted by Crippen LogP contribution is -2.45. The van der Waals surface area contributed by atoms with Crippen molar-refractivity contribution < 1.29 is 24.3 Å². The summed E-state index contributed by atoms with van der Waals surface area (Å²) in [7, 11) is 4.66. The SMILES string of the molecule is COC1=CN(O)C=C(OC)C1=C1C=CC(=NC(=O)C(NC(=O)c2ccnn2C)C(c2ccccc2)c2ccccc2)C=C1. The molecule has 2 aromatic carbocycles. The predicted octanol–water partition coefficient (Wildman–Crippen LogP) is 4.42. The van der Waals surface area contributed by atoms with Crippen molar-refractivity contribution in [2.45, 2.75) is 12.0 Å². The fourth-order valence-electron chi connectivity index (χ4n) is 5.02. The molecule has 2 N–H and O–H groups in total. The molecule has 218 valence electrons. The zero-order valence-corrected chi connectivity index (χ0v) is 23.9. The summed E-state index contributed by atoms with van der Waals surface area (Å²) in [6.45, 7) is 0. The highest BCUT2D eigenvalue weighted by Crippen LogP contribution is 2.32. The second kappa shape index (κ2) is 13.0. The lowest BCUT2D eigenvalue weighted by atomic mass is 9.84. The summed E-state index contributed by atoms with van der Waals surface area (Å²) < 4.78 is 12.4. The van der Waals surface area contributed by atoms with Gasteiger partial charge in [-0.1, -0.05) is 72.8 Å². The van der Waals surface area contributed by atoms with Crippen LogP contribution in [0.4, 0.5) is 0 Å². The number of allylic oxidation sites excluding steroid dienone is 5. The normalized spacial score (nSPS) is 15.2. The quantitative estimate of drug-likeness (QED) is 0.407. The van der Waals surface area contributed by atoms with Crippen molar-refractivity contribution in [1.82, 2.24) is 20.2 Å². The third-order valence-electron chi connectivity index (χ3n) is 7.08. The Balaban J connectivity index is 1.52. The largest absolute Gasteiger partial charge is 0.494 e. The summed E-state index contributed by atoms with van der Waals surface area (Å²) in [4.78, 5) is 31.8. The van der Waals surface area contributed by atoms with Crippen LogP contribution in [0.3, 0.4) is 0 Å². The number of aliphatic imine (C=N–C) groups is 1. The molecule has 0 saturated heterocycles. The van der Waals surface area contributed by atoms with E-state index in [1.165, 1.54) is 37.5 Å². The van der Waals surface area contributed by atoms with E-state index >= 15 is 0 Å². The zero-order chi connectivity index (χ0) is 30.3. The minimum Gasteiger partial charge on any atom is -0.494 e. The van der Waals surface area contributed by atoms with Crippen LogP contribution in [0.1, 0.15) is 27.5 Å². The molecule has 0 saturated carbocycles. The van der Waals surface area contributed by atoms with Gasteiger partial charge in [0.1, 0.15) is 23.3 Å². The van der Waals surface area contributed by atoms with E-state index in [9.17, 15) is 14.8 Å². The first-order chi connectivity index (χ1) is 20.9. The average molecular weight is 578 g/mol. The fourth-order valence-corrected chi connectivity index (χ4v) is 5.02. The van der Waals surface area contributed by atoms with E-state index in [0.29, 0.717) is 28.5 Å². The molecule has 1 aromatic heterocycles. The van der Waals surface area contributed by atoms with Gasteiger partial charge in [0.05, 0.1) is 37.9 Å². The zero-order valence-electron chi connectivity index (χ0n) is 23.9. The summed E-state index contributed by atoms with van der Waals surface area (Å²) in [6, 6.07) is 19.7. The van der Waals surface area contributed by atoms with Crippen molar-refractivity contribution in [3.05, 3.63) is 149 Å². The summed E-state index contributed by atoms with van der Waals surface area (Å²) in [5, 5.41) is 17.8. The predicted molar refractivity (Wildman–Crippen MR) is 161 cm³/mol. The van der Waals surface area contributed by atoms with E-state index in [4.69, 9.17) is 9.47 Å². The number of rotatable bonds is 8. The van der Waals surface area contributed by atoms with Crippen LogP contribution in [0.15, 0.2) is 137 Å². The maximum absolute atomic E-state index is 14.0. The number of nitrogens with zero attached hydrogens (tertiary/aromatic N) is 4. The Morgan fingerprint density at radius 3 is 1.91 bits per heavy atom. The van der Waals surface area contributed by atoms with Crippen molar-refractivity contribution in [3.63, 3.8) is 0 Å². The van der Waals surface area contributed by atoms with Crippen LogP contribution in [0.2, 0.25) is 0 Å². The van der Waals surface area contributed by atoms with Gasteiger partial charge in [-0.25, -0.2) is 10.1 Å². The molecular formula is C33H31N5O5. The van der Waals surface area contributed by atoms with Crippen molar-refractivity contribution in [1.29, 1.82) is 0 Å². The lowest BCUT2D eigenvalue weighted by Gasteiger charge is -2.27. The molecule has 43 heavy (non-hydrogen) atoms. The average Bonchev–Trinajstić information content (AvgIpc) is 3.47. The number of hydroxylamine groups is 2. The highest BCUT2D eigenvalue weighted by Gasteiger charge is 2.33. The van der Waals surface area contributed by atoms with Gasteiger partial charge in [0.15, 0.2) is 0 Å². The smallest absolute Gasteiger partial charge is 0.270 e. The Labute approximate surface area is 249 Å². The minimum atomic E-state index is -1.03. The van der Waals surface area contributed by atoms with Crippen molar-refractivity contribution in [2.75, 3.05) is 14.2 Å². The number of ether oxygens (including phenoxy) is 2. The van der Waals surface area contributed by atoms with Gasteiger partial charge < -0.3 is 14.8 Å². The molecule has 10 heteroatoms. The molecule has 1 aliphatic carbocycles. The van der Waals surface area contributed by atoms with Crippen molar-refractivity contribution >= 4 is 17.5 Å². The number of carbonyl (C=O) groups is 2. The number of aryl methyl sites for hydroxylation is 1. The van der Waals surface area contributed by atoms with Gasteiger partial charge in [-0.05, 0) is 34.9 Å². The number of hydrogen-bond donors (Lipinski definition) is 2. The number of benzene rings is 2. The molecule has 5 rings (SSSR count). The van der Waals surface area contributed by atoms with Crippen molar-refractivity contribution in [2.24, 2.45) is 12.0 Å². The summed E-state index contributed by atoms with van der Waals surface area (Å²) >= 11 is 0. The molecule has 3 aromatic rings. The van der Waals surface area contributed by atoms with E-state index in [1.54, 1.807) is 37.4 Å². The number of nitrogens with one attached hydrogen (secondary N) is 1. The van der Waals surface area contributed by atoms with Gasteiger partial charge >= 0.3 is 0 Å². The van der Waals surface area contributed by atoms with Gasteiger partial charge in [-0.2, -0.15) is 5.10 Å². The topological polar surface area (TPSA) is 118 Å². The molecule has 1 aliphatic heterocycles. The Bertz CT molecular complexity index is 1600. The molecule has 0 fully saturated rings. The van der Waals surface area contributed by atoms with Gasteiger partial charge in [-0.15, -0.1) is 0 Å². The number of hydrogen-bond acceptors (Lipinski definition) is 7.